The van der Waals surface area contributed by atoms with Gasteiger partial charge in [0.1, 0.15) is 11.6 Å². The molecule has 1 atom stereocenters. The number of ketones is 1. The van der Waals surface area contributed by atoms with Gasteiger partial charge in [-0.15, -0.1) is 0 Å². The predicted molar refractivity (Wildman–Crippen MR) is 128 cm³/mol. The van der Waals surface area contributed by atoms with Crippen LogP contribution in [0.25, 0.3) is 0 Å². The Morgan fingerprint density at radius 3 is 2.16 bits per heavy atom. The fourth-order valence-corrected chi connectivity index (χ4v) is 2.85. The first-order valence-electron chi connectivity index (χ1n) is 9.86. The average Bonchev–Trinajstić information content (AvgIpc) is 2.69. The van der Waals surface area contributed by atoms with Gasteiger partial charge in [-0.2, -0.15) is 0 Å². The maximum Gasteiger partial charge on any atom is 0.408 e. The molecule has 2 amide bonds. The lowest BCUT2D eigenvalue weighted by Gasteiger charge is -2.22. The molecule has 0 aliphatic rings. The summed E-state index contributed by atoms with van der Waals surface area (Å²) in [4.78, 5) is 37.3. The molecule has 168 valence electrons. The van der Waals surface area contributed by atoms with Gasteiger partial charge in [0.25, 0.3) is 0 Å². The zero-order chi connectivity index (χ0) is 23.8. The zero-order valence-corrected chi connectivity index (χ0v) is 20.8. The molecule has 6 nitrogen and oxygen atoms in total. The molecule has 0 spiro atoms. The summed E-state index contributed by atoms with van der Waals surface area (Å²) in [6.45, 7) is 10.7. The van der Waals surface area contributed by atoms with E-state index in [9.17, 15) is 14.4 Å². The minimum Gasteiger partial charge on any atom is -0.444 e. The average molecular weight is 512 g/mol. The lowest BCUT2D eigenvalue weighted by molar-refractivity contribution is -0.117. The molecule has 0 bridgehead atoms. The Balaban J connectivity index is 0.00000233. The number of hydrogen-bond acceptors (Lipinski definition) is 4. The third-order valence-corrected chi connectivity index (χ3v) is 4.46. The van der Waals surface area contributed by atoms with Crippen LogP contribution in [0.4, 0.5) is 10.5 Å². The summed E-state index contributed by atoms with van der Waals surface area (Å²) in [5.74, 6) is -0.755. The second-order valence-electron chi connectivity index (χ2n) is 7.38. The van der Waals surface area contributed by atoms with Crippen LogP contribution in [0.5, 0.6) is 0 Å². The first kappa shape index (κ1) is 26.7. The van der Waals surface area contributed by atoms with Gasteiger partial charge >= 0.3 is 6.09 Å². The molecule has 0 saturated carbocycles. The van der Waals surface area contributed by atoms with Crippen molar-refractivity contribution >= 4 is 51.0 Å². The smallest absolute Gasteiger partial charge is 0.408 e. The molecule has 2 aromatic rings. The van der Waals surface area contributed by atoms with Crippen molar-refractivity contribution in [1.29, 1.82) is 0 Å². The number of hydrogen-bond donors (Lipinski definition) is 2. The van der Waals surface area contributed by atoms with Crippen molar-refractivity contribution < 1.29 is 19.1 Å². The molecule has 2 rings (SSSR count). The molecule has 0 aliphatic carbocycles. The van der Waals surface area contributed by atoms with Gasteiger partial charge in [0, 0.05) is 20.6 Å². The van der Waals surface area contributed by atoms with Crippen molar-refractivity contribution in [3.63, 3.8) is 0 Å². The lowest BCUT2D eigenvalue weighted by atomic mass is 10.0. The quantitative estimate of drug-likeness (QED) is 0.467. The Morgan fingerprint density at radius 1 is 1.03 bits per heavy atom. The Kier molecular flexibility index (Phi) is 10.2. The van der Waals surface area contributed by atoms with E-state index < -0.39 is 23.6 Å². The second-order valence-corrected chi connectivity index (χ2v) is 8.74. The summed E-state index contributed by atoms with van der Waals surface area (Å²) in [7, 11) is 0. The van der Waals surface area contributed by atoms with Crippen LogP contribution in [0.2, 0.25) is 5.02 Å². The molecule has 1 unspecified atom stereocenters. The highest BCUT2D eigenvalue weighted by Gasteiger charge is 2.23. The largest absolute Gasteiger partial charge is 0.444 e. The Hall–Kier alpha value is -2.38. The first-order chi connectivity index (χ1) is 14.5. The number of ether oxygens (including phenoxy) is 1. The molecule has 0 aliphatic heterocycles. The Morgan fingerprint density at radius 2 is 1.61 bits per heavy atom. The number of carbonyl (C=O) groups excluding carboxylic acids is 3. The highest BCUT2D eigenvalue weighted by molar-refractivity contribution is 9.10. The second kappa shape index (κ2) is 11.9. The van der Waals surface area contributed by atoms with Gasteiger partial charge in [-0.3, -0.25) is 9.59 Å². The van der Waals surface area contributed by atoms with E-state index in [-0.39, 0.29) is 5.78 Å². The molecule has 0 heterocycles. The maximum atomic E-state index is 12.9. The number of amides is 2. The van der Waals surface area contributed by atoms with Crippen molar-refractivity contribution in [3.05, 3.63) is 63.1 Å². The van der Waals surface area contributed by atoms with Gasteiger partial charge < -0.3 is 15.4 Å². The van der Waals surface area contributed by atoms with Crippen LogP contribution >= 0.6 is 27.5 Å². The third kappa shape index (κ3) is 8.71. The van der Waals surface area contributed by atoms with Crippen LogP contribution < -0.4 is 10.6 Å². The highest BCUT2D eigenvalue weighted by atomic mass is 79.9. The topological polar surface area (TPSA) is 84.5 Å². The lowest BCUT2D eigenvalue weighted by Crippen LogP contribution is -2.44. The minimum atomic E-state index is -0.869. The van der Waals surface area contributed by atoms with Crippen molar-refractivity contribution in [2.45, 2.75) is 53.2 Å². The fraction of sp³-hybridized carbons (Fsp3) is 0.348. The summed E-state index contributed by atoms with van der Waals surface area (Å²) < 4.78 is 5.84. The minimum absolute atomic E-state index is 0.272. The van der Waals surface area contributed by atoms with Gasteiger partial charge in [-0.25, -0.2) is 4.79 Å². The normalized spacial score (nSPS) is 11.5. The Labute approximate surface area is 196 Å². The van der Waals surface area contributed by atoms with Crippen molar-refractivity contribution in [2.75, 3.05) is 5.32 Å². The summed E-state index contributed by atoms with van der Waals surface area (Å²) in [6, 6.07) is 10.6. The summed E-state index contributed by atoms with van der Waals surface area (Å²) in [6.07, 6.45) is -0.701. The molecule has 0 fully saturated rings. The van der Waals surface area contributed by atoms with E-state index in [0.29, 0.717) is 26.3 Å². The van der Waals surface area contributed by atoms with E-state index in [1.165, 1.54) is 6.92 Å². The summed E-state index contributed by atoms with van der Waals surface area (Å²) >= 11 is 9.23. The number of benzene rings is 2. The molecule has 2 N–H and O–H groups in total. The predicted octanol–water partition coefficient (Wildman–Crippen LogP) is 6.21. The molecular formula is C23H28BrClN2O4. The number of carbonyl (C=O) groups is 3. The standard InChI is InChI=1S/C21H22BrClN2O4.C2H6/c1-12(24-20(28)29-21(2,3)4)19(27)25-17-10-7-14(22)11-16(17)18(26)13-5-8-15(23)9-6-13;1-2/h5-12H,1-4H3,(H,24,28)(H,25,27);1-2H3. The molecule has 0 aromatic heterocycles. The van der Waals surface area contributed by atoms with Crippen LogP contribution in [0.3, 0.4) is 0 Å². The van der Waals surface area contributed by atoms with Crippen LogP contribution in [0.15, 0.2) is 46.9 Å². The highest BCUT2D eigenvalue weighted by Crippen LogP contribution is 2.25. The fourth-order valence-electron chi connectivity index (χ4n) is 2.36. The summed E-state index contributed by atoms with van der Waals surface area (Å²) in [5, 5.41) is 5.68. The van der Waals surface area contributed by atoms with E-state index in [1.54, 1.807) is 63.2 Å². The number of alkyl carbamates (subject to hydrolysis) is 1. The van der Waals surface area contributed by atoms with E-state index >= 15 is 0 Å². The zero-order valence-electron chi connectivity index (χ0n) is 18.5. The van der Waals surface area contributed by atoms with E-state index in [1.807, 2.05) is 13.8 Å². The van der Waals surface area contributed by atoms with E-state index in [0.717, 1.165) is 0 Å². The first-order valence-corrected chi connectivity index (χ1v) is 11.0. The molecular weight excluding hydrogens is 484 g/mol. The van der Waals surface area contributed by atoms with Gasteiger partial charge in [0.2, 0.25) is 5.91 Å². The van der Waals surface area contributed by atoms with Crippen LogP contribution in [-0.2, 0) is 9.53 Å². The van der Waals surface area contributed by atoms with Crippen molar-refractivity contribution in [1.82, 2.24) is 5.32 Å². The third-order valence-electron chi connectivity index (χ3n) is 3.72. The van der Waals surface area contributed by atoms with Gasteiger partial charge in [-0.05, 0) is 70.2 Å². The van der Waals surface area contributed by atoms with Crippen molar-refractivity contribution in [2.24, 2.45) is 0 Å². The number of anilines is 1. The summed E-state index contributed by atoms with van der Waals surface area (Å²) in [5.41, 5.74) is 0.392. The molecule has 2 aromatic carbocycles. The van der Waals surface area contributed by atoms with E-state index in [2.05, 4.69) is 26.6 Å². The van der Waals surface area contributed by atoms with E-state index in [4.69, 9.17) is 16.3 Å². The molecule has 8 heteroatoms. The number of halogens is 2. The molecule has 31 heavy (non-hydrogen) atoms. The van der Waals surface area contributed by atoms with Crippen LogP contribution in [0.1, 0.15) is 57.5 Å². The van der Waals surface area contributed by atoms with Gasteiger partial charge in [0.05, 0.1) is 5.69 Å². The Bertz CT molecular complexity index is 924. The number of rotatable bonds is 5. The van der Waals surface area contributed by atoms with Crippen LogP contribution in [-0.4, -0.2) is 29.4 Å². The monoisotopic (exact) mass is 510 g/mol. The maximum absolute atomic E-state index is 12.9. The van der Waals surface area contributed by atoms with Gasteiger partial charge in [-0.1, -0.05) is 41.4 Å². The van der Waals surface area contributed by atoms with Gasteiger partial charge in [0.15, 0.2) is 5.78 Å². The number of nitrogens with one attached hydrogen (secondary N) is 2. The molecule has 0 radical (unpaired) electrons. The molecule has 0 saturated heterocycles. The van der Waals surface area contributed by atoms with Crippen molar-refractivity contribution in [3.8, 4) is 0 Å². The van der Waals surface area contributed by atoms with Crippen LogP contribution in [0, 0.1) is 0 Å². The SMILES string of the molecule is CC.CC(NC(=O)OC(C)(C)C)C(=O)Nc1ccc(Br)cc1C(=O)c1ccc(Cl)cc1.